The molecule has 0 spiro atoms. The highest BCUT2D eigenvalue weighted by molar-refractivity contribution is 9.11. The normalized spacial score (nSPS) is 10.4. The molecular formula is C10H15BrN2S. The molecule has 0 aliphatic heterocycles. The lowest BCUT2D eigenvalue weighted by atomic mass is 10.4. The summed E-state index contributed by atoms with van der Waals surface area (Å²) in [7, 11) is 0. The Balaban J connectivity index is 2.01. The van der Waals surface area contributed by atoms with Crippen LogP contribution in [0, 0.1) is 0 Å². The molecule has 0 saturated carbocycles. The number of hydrogen-bond acceptors (Lipinski definition) is 3. The van der Waals surface area contributed by atoms with Gasteiger partial charge in [0, 0.05) is 31.1 Å². The maximum Gasteiger partial charge on any atom is 0.0701 e. The summed E-state index contributed by atoms with van der Waals surface area (Å²) in [6.07, 6.45) is 1.87. The Labute approximate surface area is 97.5 Å². The molecule has 0 aliphatic rings. The van der Waals surface area contributed by atoms with Crippen molar-refractivity contribution in [1.29, 1.82) is 0 Å². The van der Waals surface area contributed by atoms with Gasteiger partial charge in [-0.1, -0.05) is 6.08 Å². The summed E-state index contributed by atoms with van der Waals surface area (Å²) in [6.45, 7) is 7.45. The first-order valence-corrected chi connectivity index (χ1v) is 6.20. The molecule has 0 fully saturated rings. The van der Waals surface area contributed by atoms with E-state index in [9.17, 15) is 0 Å². The van der Waals surface area contributed by atoms with E-state index < -0.39 is 0 Å². The van der Waals surface area contributed by atoms with E-state index in [0.717, 1.165) is 26.2 Å². The molecule has 1 aromatic heterocycles. The zero-order valence-corrected chi connectivity index (χ0v) is 10.5. The summed E-state index contributed by atoms with van der Waals surface area (Å²) >= 11 is 5.22. The van der Waals surface area contributed by atoms with E-state index in [0.29, 0.717) is 0 Å². The first-order valence-electron chi connectivity index (χ1n) is 4.59. The van der Waals surface area contributed by atoms with Gasteiger partial charge in [-0.25, -0.2) is 0 Å². The van der Waals surface area contributed by atoms with E-state index in [4.69, 9.17) is 0 Å². The summed E-state index contributed by atoms with van der Waals surface area (Å²) < 4.78 is 1.19. The molecule has 0 aromatic carbocycles. The molecule has 0 saturated heterocycles. The van der Waals surface area contributed by atoms with Crippen LogP contribution in [-0.2, 0) is 6.54 Å². The van der Waals surface area contributed by atoms with Gasteiger partial charge in [-0.3, -0.25) is 0 Å². The number of hydrogen-bond donors (Lipinski definition) is 2. The van der Waals surface area contributed by atoms with Crippen LogP contribution in [0.1, 0.15) is 4.88 Å². The number of nitrogens with one attached hydrogen (secondary N) is 2. The standard InChI is InChI=1S/C10H15BrN2S/c1-2-5-12-6-7-13-8-9-3-4-10(11)14-9/h2-4,12-13H,1,5-8H2. The molecule has 1 aromatic rings. The van der Waals surface area contributed by atoms with E-state index in [2.05, 4.69) is 45.3 Å². The molecule has 0 unspecified atom stereocenters. The fourth-order valence-corrected chi connectivity index (χ4v) is 2.49. The van der Waals surface area contributed by atoms with Crippen LogP contribution in [0.4, 0.5) is 0 Å². The summed E-state index contributed by atoms with van der Waals surface area (Å²) in [5.74, 6) is 0. The van der Waals surface area contributed by atoms with Crippen molar-refractivity contribution in [3.05, 3.63) is 33.5 Å². The molecule has 4 heteroatoms. The zero-order chi connectivity index (χ0) is 10.2. The minimum atomic E-state index is 0.881. The summed E-state index contributed by atoms with van der Waals surface area (Å²) in [4.78, 5) is 1.36. The van der Waals surface area contributed by atoms with Gasteiger partial charge in [-0.05, 0) is 28.1 Å². The van der Waals surface area contributed by atoms with Crippen molar-refractivity contribution in [3.63, 3.8) is 0 Å². The Kier molecular flexibility index (Phi) is 6.10. The van der Waals surface area contributed by atoms with Crippen molar-refractivity contribution >= 4 is 27.3 Å². The first-order chi connectivity index (χ1) is 6.83. The molecule has 0 atom stereocenters. The third-order valence-corrected chi connectivity index (χ3v) is 3.32. The summed E-state index contributed by atoms with van der Waals surface area (Å²) in [5, 5.41) is 6.61. The topological polar surface area (TPSA) is 24.1 Å². The van der Waals surface area contributed by atoms with Gasteiger partial charge in [0.1, 0.15) is 0 Å². The van der Waals surface area contributed by atoms with Gasteiger partial charge in [0.05, 0.1) is 3.79 Å². The van der Waals surface area contributed by atoms with Crippen molar-refractivity contribution in [1.82, 2.24) is 10.6 Å². The smallest absolute Gasteiger partial charge is 0.0701 e. The van der Waals surface area contributed by atoms with Gasteiger partial charge in [0.15, 0.2) is 0 Å². The predicted molar refractivity (Wildman–Crippen MR) is 66.8 cm³/mol. The van der Waals surface area contributed by atoms with E-state index >= 15 is 0 Å². The third-order valence-electron chi connectivity index (χ3n) is 1.70. The quantitative estimate of drug-likeness (QED) is 0.589. The number of rotatable bonds is 7. The molecule has 0 bridgehead atoms. The Bertz CT molecular complexity index is 273. The molecule has 2 nitrogen and oxygen atoms in total. The minimum absolute atomic E-state index is 0.881. The molecule has 1 heterocycles. The van der Waals surface area contributed by atoms with E-state index in [1.54, 1.807) is 11.3 Å². The average molecular weight is 275 g/mol. The lowest BCUT2D eigenvalue weighted by Crippen LogP contribution is -2.26. The highest BCUT2D eigenvalue weighted by Crippen LogP contribution is 2.21. The molecule has 14 heavy (non-hydrogen) atoms. The highest BCUT2D eigenvalue weighted by atomic mass is 79.9. The van der Waals surface area contributed by atoms with E-state index in [1.807, 2.05) is 6.08 Å². The van der Waals surface area contributed by atoms with E-state index in [-0.39, 0.29) is 0 Å². The second kappa shape index (κ2) is 7.17. The SMILES string of the molecule is C=CCNCCNCc1ccc(Br)s1. The Morgan fingerprint density at radius 1 is 1.36 bits per heavy atom. The second-order valence-corrected chi connectivity index (χ2v) is 5.42. The lowest BCUT2D eigenvalue weighted by molar-refractivity contribution is 0.639. The third kappa shape index (κ3) is 4.91. The van der Waals surface area contributed by atoms with Crippen LogP contribution < -0.4 is 10.6 Å². The van der Waals surface area contributed by atoms with Crippen LogP contribution in [0.25, 0.3) is 0 Å². The van der Waals surface area contributed by atoms with Gasteiger partial charge < -0.3 is 10.6 Å². The van der Waals surface area contributed by atoms with Crippen molar-refractivity contribution in [2.45, 2.75) is 6.54 Å². The fourth-order valence-electron chi connectivity index (χ4n) is 1.04. The molecular weight excluding hydrogens is 260 g/mol. The second-order valence-electron chi connectivity index (χ2n) is 2.88. The number of halogens is 1. The van der Waals surface area contributed by atoms with Crippen LogP contribution in [0.5, 0.6) is 0 Å². The maximum atomic E-state index is 3.64. The van der Waals surface area contributed by atoms with Crippen LogP contribution in [-0.4, -0.2) is 19.6 Å². The Morgan fingerprint density at radius 3 is 2.79 bits per heavy atom. The van der Waals surface area contributed by atoms with Crippen molar-refractivity contribution < 1.29 is 0 Å². The average Bonchev–Trinajstić information content (AvgIpc) is 2.58. The van der Waals surface area contributed by atoms with Crippen molar-refractivity contribution in [2.24, 2.45) is 0 Å². The van der Waals surface area contributed by atoms with Crippen LogP contribution in [0.3, 0.4) is 0 Å². The van der Waals surface area contributed by atoms with Gasteiger partial charge in [-0.2, -0.15) is 0 Å². The lowest BCUT2D eigenvalue weighted by Gasteiger charge is -2.03. The Morgan fingerprint density at radius 2 is 2.14 bits per heavy atom. The van der Waals surface area contributed by atoms with Crippen molar-refractivity contribution in [3.8, 4) is 0 Å². The van der Waals surface area contributed by atoms with Crippen molar-refractivity contribution in [2.75, 3.05) is 19.6 Å². The fraction of sp³-hybridized carbons (Fsp3) is 0.400. The van der Waals surface area contributed by atoms with Crippen LogP contribution >= 0.6 is 27.3 Å². The molecule has 2 N–H and O–H groups in total. The van der Waals surface area contributed by atoms with Crippen LogP contribution in [0.2, 0.25) is 0 Å². The van der Waals surface area contributed by atoms with Gasteiger partial charge >= 0.3 is 0 Å². The number of thiophene rings is 1. The largest absolute Gasteiger partial charge is 0.312 e. The van der Waals surface area contributed by atoms with E-state index in [1.165, 1.54) is 8.66 Å². The summed E-state index contributed by atoms with van der Waals surface area (Å²) in [6, 6.07) is 4.22. The minimum Gasteiger partial charge on any atom is -0.312 e. The van der Waals surface area contributed by atoms with Gasteiger partial charge in [0.2, 0.25) is 0 Å². The highest BCUT2D eigenvalue weighted by Gasteiger charge is 1.95. The molecule has 0 radical (unpaired) electrons. The molecule has 0 amide bonds. The first kappa shape index (κ1) is 11.9. The zero-order valence-electron chi connectivity index (χ0n) is 8.05. The molecule has 1 rings (SSSR count). The van der Waals surface area contributed by atoms with Crippen LogP contribution in [0.15, 0.2) is 28.6 Å². The maximum absolute atomic E-state index is 3.64. The van der Waals surface area contributed by atoms with Gasteiger partial charge in [-0.15, -0.1) is 17.9 Å². The predicted octanol–water partition coefficient (Wildman–Crippen LogP) is 2.38. The monoisotopic (exact) mass is 274 g/mol. The molecule has 0 aliphatic carbocycles. The Hall–Kier alpha value is -0.160. The molecule has 78 valence electrons. The van der Waals surface area contributed by atoms with Gasteiger partial charge in [0.25, 0.3) is 0 Å². The summed E-state index contributed by atoms with van der Waals surface area (Å²) in [5.41, 5.74) is 0.